The van der Waals surface area contributed by atoms with E-state index < -0.39 is 5.97 Å². The molecule has 1 aromatic heterocycles. The van der Waals surface area contributed by atoms with E-state index in [-0.39, 0.29) is 0 Å². The molecule has 110 valence electrons. The van der Waals surface area contributed by atoms with Crippen molar-refractivity contribution in [3.63, 3.8) is 0 Å². The molecule has 2 atom stereocenters. The number of nitrogens with zero attached hydrogens (tertiary/aromatic N) is 1. The predicted molar refractivity (Wildman–Crippen MR) is 83.2 cm³/mol. The summed E-state index contributed by atoms with van der Waals surface area (Å²) in [5.41, 5.74) is 6.46. The van der Waals surface area contributed by atoms with E-state index in [1.807, 2.05) is 11.8 Å². The summed E-state index contributed by atoms with van der Waals surface area (Å²) in [5, 5.41) is 4.02. The number of nitrogens with two attached hydrogens (primary N) is 1. The number of ether oxygens (including phenoxy) is 1. The maximum Gasteiger partial charge on any atom is 0.340 e. The van der Waals surface area contributed by atoms with Gasteiger partial charge in [0, 0.05) is 11.3 Å². The van der Waals surface area contributed by atoms with Gasteiger partial charge in [-0.15, -0.1) is 0 Å². The molecule has 0 saturated heterocycles. The van der Waals surface area contributed by atoms with Crippen molar-refractivity contribution in [3.8, 4) is 0 Å². The second kappa shape index (κ2) is 6.83. The van der Waals surface area contributed by atoms with Gasteiger partial charge in [0.25, 0.3) is 0 Å². The fourth-order valence-corrected chi connectivity index (χ4v) is 3.50. The Kier molecular flexibility index (Phi) is 5.11. The number of carbonyl (C=O) groups is 1. The van der Waals surface area contributed by atoms with Gasteiger partial charge in [-0.2, -0.15) is 11.8 Å². The van der Waals surface area contributed by atoms with Crippen LogP contribution in [0.15, 0.2) is 12.3 Å². The molecule has 5 nitrogen and oxygen atoms in total. The highest BCUT2D eigenvalue weighted by atomic mass is 32.2. The molecule has 0 spiro atoms. The average molecular weight is 295 g/mol. The summed E-state index contributed by atoms with van der Waals surface area (Å²) in [7, 11) is 1.35. The van der Waals surface area contributed by atoms with Crippen LogP contribution in [0.25, 0.3) is 0 Å². The largest absolute Gasteiger partial charge is 0.465 e. The van der Waals surface area contributed by atoms with Crippen LogP contribution < -0.4 is 11.1 Å². The van der Waals surface area contributed by atoms with Crippen molar-refractivity contribution in [2.45, 2.75) is 37.0 Å². The smallest absolute Gasteiger partial charge is 0.340 e. The third-order valence-corrected chi connectivity index (χ3v) is 4.85. The predicted octanol–water partition coefficient (Wildman–Crippen LogP) is 2.54. The highest BCUT2D eigenvalue weighted by Gasteiger charge is 2.24. The van der Waals surface area contributed by atoms with Crippen LogP contribution in [0.2, 0.25) is 0 Å². The van der Waals surface area contributed by atoms with E-state index in [1.54, 1.807) is 6.07 Å². The maximum atomic E-state index is 11.6. The number of methoxy groups -OCH3 is 1. The second-order valence-electron chi connectivity index (χ2n) is 4.96. The molecule has 6 heteroatoms. The van der Waals surface area contributed by atoms with Crippen molar-refractivity contribution in [1.82, 2.24) is 4.98 Å². The van der Waals surface area contributed by atoms with Crippen LogP contribution >= 0.6 is 11.8 Å². The van der Waals surface area contributed by atoms with Gasteiger partial charge in [-0.05, 0) is 25.2 Å². The molecular formula is C14H21N3O2S. The minimum absolute atomic E-state index is 0.340. The highest BCUT2D eigenvalue weighted by Crippen LogP contribution is 2.29. The zero-order valence-electron chi connectivity index (χ0n) is 11.9. The quantitative estimate of drug-likeness (QED) is 0.831. The number of hydrogen-bond donors (Lipinski definition) is 2. The number of nitrogens with one attached hydrogen (secondary N) is 1. The van der Waals surface area contributed by atoms with Crippen LogP contribution in [0.4, 0.5) is 11.5 Å². The topological polar surface area (TPSA) is 77.2 Å². The van der Waals surface area contributed by atoms with E-state index in [0.29, 0.717) is 28.4 Å². The van der Waals surface area contributed by atoms with Crippen LogP contribution in [-0.4, -0.2) is 35.6 Å². The van der Waals surface area contributed by atoms with Gasteiger partial charge >= 0.3 is 5.97 Å². The second-order valence-corrected chi connectivity index (χ2v) is 6.03. The van der Waals surface area contributed by atoms with E-state index in [0.717, 1.165) is 6.42 Å². The number of hydrogen-bond acceptors (Lipinski definition) is 6. The summed E-state index contributed by atoms with van der Waals surface area (Å²) in [6, 6.07) is 2.06. The van der Waals surface area contributed by atoms with E-state index in [1.165, 1.54) is 32.6 Å². The lowest BCUT2D eigenvalue weighted by Gasteiger charge is -2.31. The zero-order chi connectivity index (χ0) is 14.5. The molecular weight excluding hydrogens is 274 g/mol. The van der Waals surface area contributed by atoms with E-state index in [2.05, 4.69) is 16.6 Å². The molecule has 0 radical (unpaired) electrons. The summed E-state index contributed by atoms with van der Waals surface area (Å²) in [5.74, 6) is 0.253. The molecule has 0 amide bonds. The van der Waals surface area contributed by atoms with E-state index in [9.17, 15) is 4.79 Å². The van der Waals surface area contributed by atoms with Crippen molar-refractivity contribution in [2.75, 3.05) is 24.4 Å². The van der Waals surface area contributed by atoms with Gasteiger partial charge in [0.1, 0.15) is 5.82 Å². The fraction of sp³-hybridized carbons (Fsp3) is 0.571. The maximum absolute atomic E-state index is 11.6. The summed E-state index contributed by atoms with van der Waals surface area (Å²) in [6.45, 7) is 0. The summed E-state index contributed by atoms with van der Waals surface area (Å²) < 4.78 is 4.73. The first kappa shape index (κ1) is 15.0. The number of nitrogen functional groups attached to an aromatic ring is 1. The van der Waals surface area contributed by atoms with Crippen molar-refractivity contribution in [1.29, 1.82) is 0 Å². The third-order valence-electron chi connectivity index (χ3n) is 3.68. The van der Waals surface area contributed by atoms with Crippen LogP contribution in [0.5, 0.6) is 0 Å². The lowest BCUT2D eigenvalue weighted by atomic mass is 9.95. The van der Waals surface area contributed by atoms with Crippen LogP contribution in [0.3, 0.4) is 0 Å². The highest BCUT2D eigenvalue weighted by molar-refractivity contribution is 7.99. The number of esters is 1. The van der Waals surface area contributed by atoms with Crippen LogP contribution in [0.1, 0.15) is 36.0 Å². The first-order chi connectivity index (χ1) is 9.65. The standard InChI is InChI=1S/C14H21N3O2S/c1-19-14(18)9-7-13(16-8-10(9)15)17-11-5-3-4-6-12(11)20-2/h7-8,11-12H,3-6,15H2,1-2H3,(H,16,17). The minimum atomic E-state index is -0.432. The fourth-order valence-electron chi connectivity index (χ4n) is 2.57. The number of anilines is 2. The minimum Gasteiger partial charge on any atom is -0.465 e. The SMILES string of the molecule is COC(=O)c1cc(NC2CCCCC2SC)ncc1N. The summed E-state index contributed by atoms with van der Waals surface area (Å²) in [4.78, 5) is 15.9. The molecule has 2 rings (SSSR count). The molecule has 1 aliphatic carbocycles. The molecule has 1 heterocycles. The van der Waals surface area contributed by atoms with Gasteiger partial charge in [0.2, 0.25) is 0 Å². The molecule has 1 aliphatic rings. The molecule has 3 N–H and O–H groups in total. The van der Waals surface area contributed by atoms with Gasteiger partial charge in [-0.25, -0.2) is 9.78 Å². The molecule has 0 bridgehead atoms. The number of pyridine rings is 1. The van der Waals surface area contributed by atoms with Gasteiger partial charge in [0.15, 0.2) is 0 Å². The average Bonchev–Trinajstić information content (AvgIpc) is 2.49. The molecule has 2 unspecified atom stereocenters. The molecule has 0 aromatic carbocycles. The lowest BCUT2D eigenvalue weighted by Crippen LogP contribution is -2.34. The molecule has 20 heavy (non-hydrogen) atoms. The van der Waals surface area contributed by atoms with Gasteiger partial charge < -0.3 is 15.8 Å². The van der Waals surface area contributed by atoms with E-state index in [4.69, 9.17) is 10.5 Å². The van der Waals surface area contributed by atoms with Crippen molar-refractivity contribution in [2.24, 2.45) is 0 Å². The summed E-state index contributed by atoms with van der Waals surface area (Å²) in [6.07, 6.45) is 8.51. The molecule has 1 fully saturated rings. The Morgan fingerprint density at radius 2 is 2.25 bits per heavy atom. The molecule has 1 aromatic rings. The zero-order valence-corrected chi connectivity index (χ0v) is 12.7. The van der Waals surface area contributed by atoms with Crippen LogP contribution in [0, 0.1) is 0 Å². The monoisotopic (exact) mass is 295 g/mol. The summed E-state index contributed by atoms with van der Waals surface area (Å²) >= 11 is 1.88. The Morgan fingerprint density at radius 1 is 1.50 bits per heavy atom. The normalized spacial score (nSPS) is 22.3. The van der Waals surface area contributed by atoms with Crippen molar-refractivity contribution >= 4 is 29.2 Å². The Hall–Kier alpha value is -1.43. The molecule has 1 saturated carbocycles. The van der Waals surface area contributed by atoms with Gasteiger partial charge in [-0.1, -0.05) is 12.8 Å². The third kappa shape index (κ3) is 3.36. The van der Waals surface area contributed by atoms with Gasteiger partial charge in [-0.3, -0.25) is 0 Å². The Balaban J connectivity index is 2.14. The number of rotatable bonds is 4. The lowest BCUT2D eigenvalue weighted by molar-refractivity contribution is 0.0602. The Labute approximate surface area is 123 Å². The molecule has 0 aliphatic heterocycles. The first-order valence-electron chi connectivity index (χ1n) is 6.79. The first-order valence-corrected chi connectivity index (χ1v) is 8.07. The van der Waals surface area contributed by atoms with Crippen LogP contribution in [-0.2, 0) is 4.74 Å². The van der Waals surface area contributed by atoms with Gasteiger partial charge in [0.05, 0.1) is 24.6 Å². The van der Waals surface area contributed by atoms with E-state index >= 15 is 0 Å². The Bertz CT molecular complexity index is 481. The number of aromatic nitrogens is 1. The Morgan fingerprint density at radius 3 is 2.95 bits per heavy atom. The number of thioether (sulfide) groups is 1. The van der Waals surface area contributed by atoms with Crippen molar-refractivity contribution in [3.05, 3.63) is 17.8 Å². The van der Waals surface area contributed by atoms with Crippen molar-refractivity contribution < 1.29 is 9.53 Å². The number of carbonyl (C=O) groups excluding carboxylic acids is 1.